The van der Waals surface area contributed by atoms with Crippen LogP contribution in [0.25, 0.3) is 0 Å². The third-order valence-corrected chi connectivity index (χ3v) is 4.39. The molecule has 0 spiro atoms. The molecule has 1 aromatic carbocycles. The number of likely N-dealkylation sites (tertiary alicyclic amines) is 1. The lowest BCUT2D eigenvalue weighted by molar-refractivity contribution is -0.130. The van der Waals surface area contributed by atoms with Crippen LogP contribution in [0.1, 0.15) is 6.42 Å². The van der Waals surface area contributed by atoms with Gasteiger partial charge in [-0.1, -0.05) is 0 Å². The fourth-order valence-electron chi connectivity index (χ4n) is 3.15. The summed E-state index contributed by atoms with van der Waals surface area (Å²) in [6, 6.07) is 7.42. The fourth-order valence-corrected chi connectivity index (χ4v) is 3.15. The Balaban J connectivity index is 0.00000176. The second kappa shape index (κ2) is 7.70. The maximum absolute atomic E-state index is 12.2. The highest BCUT2D eigenvalue weighted by molar-refractivity contribution is 5.85. The Hall–Kier alpha value is -1.46. The zero-order chi connectivity index (χ0) is 14.7. The zero-order valence-corrected chi connectivity index (χ0v) is 13.6. The van der Waals surface area contributed by atoms with Crippen LogP contribution in [0.4, 0.5) is 0 Å². The molecule has 2 aliphatic rings. The van der Waals surface area contributed by atoms with E-state index in [1.165, 1.54) is 0 Å². The predicted octanol–water partition coefficient (Wildman–Crippen LogP) is 1.56. The summed E-state index contributed by atoms with van der Waals surface area (Å²) in [5.74, 6) is 3.08. The number of ether oxygens (including phenoxy) is 2. The molecule has 2 heterocycles. The Bertz CT molecular complexity index is 483. The van der Waals surface area contributed by atoms with Crippen LogP contribution in [-0.4, -0.2) is 50.7 Å². The summed E-state index contributed by atoms with van der Waals surface area (Å²) >= 11 is 0. The molecule has 1 amide bonds. The summed E-state index contributed by atoms with van der Waals surface area (Å²) in [4.78, 5) is 14.2. The summed E-state index contributed by atoms with van der Waals surface area (Å²) in [6.07, 6.45) is 0.443. The standard InChI is InChI=1S/C16H22N2O3.ClH/c1-20-14-2-4-15(5-3-14)21-7-6-16(19)18-10-12-8-17-9-13(12)11-18;/h2-5,12-13,17H,6-11H2,1H3;1H/t12-,13+;. The van der Waals surface area contributed by atoms with Crippen LogP contribution in [0.2, 0.25) is 0 Å². The molecule has 22 heavy (non-hydrogen) atoms. The second-order valence-electron chi connectivity index (χ2n) is 5.75. The van der Waals surface area contributed by atoms with Crippen LogP contribution in [0, 0.1) is 11.8 Å². The Morgan fingerprint density at radius 2 is 1.77 bits per heavy atom. The van der Waals surface area contributed by atoms with E-state index in [1.807, 2.05) is 29.2 Å². The predicted molar refractivity (Wildman–Crippen MR) is 86.8 cm³/mol. The molecule has 0 saturated carbocycles. The van der Waals surface area contributed by atoms with Crippen LogP contribution >= 0.6 is 12.4 Å². The van der Waals surface area contributed by atoms with Gasteiger partial charge in [0.2, 0.25) is 5.91 Å². The molecule has 1 aromatic rings. The number of hydrogen-bond acceptors (Lipinski definition) is 4. The minimum absolute atomic E-state index is 0. The highest BCUT2D eigenvalue weighted by Crippen LogP contribution is 2.26. The van der Waals surface area contributed by atoms with E-state index < -0.39 is 0 Å². The number of amides is 1. The molecule has 6 heteroatoms. The number of carbonyl (C=O) groups is 1. The third-order valence-electron chi connectivity index (χ3n) is 4.39. The lowest BCUT2D eigenvalue weighted by Crippen LogP contribution is -2.32. The molecular formula is C16H23ClN2O3. The van der Waals surface area contributed by atoms with E-state index in [0.717, 1.165) is 37.7 Å². The average Bonchev–Trinajstić information content (AvgIpc) is 3.09. The van der Waals surface area contributed by atoms with E-state index in [2.05, 4.69) is 5.32 Å². The van der Waals surface area contributed by atoms with E-state index >= 15 is 0 Å². The molecule has 2 atom stereocenters. The fraction of sp³-hybridized carbons (Fsp3) is 0.562. The first-order valence-corrected chi connectivity index (χ1v) is 7.51. The number of methoxy groups -OCH3 is 1. The van der Waals surface area contributed by atoms with Crippen molar-refractivity contribution in [3.8, 4) is 11.5 Å². The maximum Gasteiger partial charge on any atom is 0.226 e. The van der Waals surface area contributed by atoms with Crippen LogP contribution in [0.3, 0.4) is 0 Å². The van der Waals surface area contributed by atoms with Crippen molar-refractivity contribution in [2.75, 3.05) is 39.9 Å². The van der Waals surface area contributed by atoms with E-state index in [-0.39, 0.29) is 18.3 Å². The molecule has 2 fully saturated rings. The van der Waals surface area contributed by atoms with Crippen molar-refractivity contribution in [2.24, 2.45) is 11.8 Å². The number of hydrogen-bond donors (Lipinski definition) is 1. The number of carbonyl (C=O) groups excluding carboxylic acids is 1. The molecule has 2 aliphatic heterocycles. The lowest BCUT2D eigenvalue weighted by atomic mass is 10.0. The molecule has 5 nitrogen and oxygen atoms in total. The van der Waals surface area contributed by atoms with Gasteiger partial charge in [-0.3, -0.25) is 4.79 Å². The molecule has 0 aromatic heterocycles. The first kappa shape index (κ1) is 16.9. The Kier molecular flexibility index (Phi) is 5.91. The van der Waals surface area contributed by atoms with Crippen molar-refractivity contribution >= 4 is 18.3 Å². The number of benzene rings is 1. The SMILES string of the molecule is COc1ccc(OCCC(=O)N2C[C@H]3CNC[C@H]3C2)cc1.Cl. The van der Waals surface area contributed by atoms with Gasteiger partial charge in [0.15, 0.2) is 0 Å². The number of halogens is 1. The van der Waals surface area contributed by atoms with Crippen LogP contribution < -0.4 is 14.8 Å². The van der Waals surface area contributed by atoms with Gasteiger partial charge in [-0.25, -0.2) is 0 Å². The van der Waals surface area contributed by atoms with E-state index in [0.29, 0.717) is 24.9 Å². The van der Waals surface area contributed by atoms with Gasteiger partial charge in [0.05, 0.1) is 20.1 Å². The average molecular weight is 327 g/mol. The molecule has 2 saturated heterocycles. The molecule has 1 N–H and O–H groups in total. The Morgan fingerprint density at radius 1 is 1.18 bits per heavy atom. The minimum atomic E-state index is 0. The Morgan fingerprint density at radius 3 is 2.36 bits per heavy atom. The first-order valence-electron chi connectivity index (χ1n) is 7.51. The van der Waals surface area contributed by atoms with Gasteiger partial charge in [0, 0.05) is 26.2 Å². The van der Waals surface area contributed by atoms with Gasteiger partial charge in [0.25, 0.3) is 0 Å². The van der Waals surface area contributed by atoms with E-state index in [1.54, 1.807) is 7.11 Å². The van der Waals surface area contributed by atoms with Crippen molar-refractivity contribution in [3.63, 3.8) is 0 Å². The summed E-state index contributed by atoms with van der Waals surface area (Å²) in [5, 5.41) is 3.38. The maximum atomic E-state index is 12.2. The van der Waals surface area contributed by atoms with Gasteiger partial charge in [-0.2, -0.15) is 0 Å². The molecule has 0 radical (unpaired) electrons. The highest BCUT2D eigenvalue weighted by Gasteiger charge is 2.37. The number of rotatable bonds is 5. The van der Waals surface area contributed by atoms with E-state index in [9.17, 15) is 4.79 Å². The van der Waals surface area contributed by atoms with Crippen LogP contribution in [0.5, 0.6) is 11.5 Å². The van der Waals surface area contributed by atoms with Crippen LogP contribution in [0.15, 0.2) is 24.3 Å². The Labute approximate surface area is 137 Å². The quantitative estimate of drug-likeness (QED) is 0.892. The van der Waals surface area contributed by atoms with Crippen molar-refractivity contribution in [1.82, 2.24) is 10.2 Å². The molecule has 0 bridgehead atoms. The second-order valence-corrected chi connectivity index (χ2v) is 5.75. The minimum Gasteiger partial charge on any atom is -0.497 e. The van der Waals surface area contributed by atoms with Crippen molar-refractivity contribution in [1.29, 1.82) is 0 Å². The molecule has 0 unspecified atom stereocenters. The summed E-state index contributed by atoms with van der Waals surface area (Å²) in [5.41, 5.74) is 0. The van der Waals surface area contributed by atoms with Crippen molar-refractivity contribution < 1.29 is 14.3 Å². The highest BCUT2D eigenvalue weighted by atomic mass is 35.5. The monoisotopic (exact) mass is 326 g/mol. The summed E-state index contributed by atoms with van der Waals surface area (Å²) in [6.45, 7) is 4.33. The number of nitrogens with one attached hydrogen (secondary N) is 1. The van der Waals surface area contributed by atoms with Gasteiger partial charge >= 0.3 is 0 Å². The zero-order valence-electron chi connectivity index (χ0n) is 12.8. The molecule has 122 valence electrons. The van der Waals surface area contributed by atoms with Gasteiger partial charge in [0.1, 0.15) is 11.5 Å². The van der Waals surface area contributed by atoms with Crippen LogP contribution in [-0.2, 0) is 4.79 Å². The topological polar surface area (TPSA) is 50.8 Å². The molecule has 3 rings (SSSR count). The normalized spacial score (nSPS) is 22.9. The smallest absolute Gasteiger partial charge is 0.226 e. The molecular weight excluding hydrogens is 304 g/mol. The van der Waals surface area contributed by atoms with Gasteiger partial charge < -0.3 is 19.7 Å². The van der Waals surface area contributed by atoms with E-state index in [4.69, 9.17) is 9.47 Å². The summed E-state index contributed by atoms with van der Waals surface area (Å²) < 4.78 is 10.7. The number of nitrogens with zero attached hydrogens (tertiary/aromatic N) is 1. The lowest BCUT2D eigenvalue weighted by Gasteiger charge is -2.17. The molecule has 0 aliphatic carbocycles. The van der Waals surface area contributed by atoms with Gasteiger partial charge in [-0.05, 0) is 36.1 Å². The third kappa shape index (κ3) is 3.84. The number of fused-ring (bicyclic) bond motifs is 1. The van der Waals surface area contributed by atoms with Crippen molar-refractivity contribution in [2.45, 2.75) is 6.42 Å². The first-order chi connectivity index (χ1) is 10.3. The van der Waals surface area contributed by atoms with Gasteiger partial charge in [-0.15, -0.1) is 12.4 Å². The summed E-state index contributed by atoms with van der Waals surface area (Å²) in [7, 11) is 1.63. The van der Waals surface area contributed by atoms with Crippen molar-refractivity contribution in [3.05, 3.63) is 24.3 Å². The largest absolute Gasteiger partial charge is 0.497 e.